The van der Waals surface area contributed by atoms with Gasteiger partial charge >= 0.3 is 0 Å². The molecule has 1 heterocycles. The first-order chi connectivity index (χ1) is 9.14. The zero-order valence-corrected chi connectivity index (χ0v) is 12.7. The van der Waals surface area contributed by atoms with Gasteiger partial charge in [0.2, 0.25) is 0 Å². The van der Waals surface area contributed by atoms with E-state index >= 15 is 0 Å². The summed E-state index contributed by atoms with van der Waals surface area (Å²) in [4.78, 5) is 2.58. The van der Waals surface area contributed by atoms with E-state index in [1.165, 1.54) is 49.2 Å². The van der Waals surface area contributed by atoms with Crippen LogP contribution in [0.3, 0.4) is 0 Å². The number of nitrogens with two attached hydrogens (primary N) is 1. The molecule has 0 aliphatic carbocycles. The van der Waals surface area contributed by atoms with E-state index in [9.17, 15) is 0 Å². The quantitative estimate of drug-likeness (QED) is 0.878. The molecule has 0 aromatic heterocycles. The van der Waals surface area contributed by atoms with Gasteiger partial charge in [-0.25, -0.2) is 0 Å². The van der Waals surface area contributed by atoms with Gasteiger partial charge in [0.1, 0.15) is 0 Å². The van der Waals surface area contributed by atoms with Crippen molar-refractivity contribution in [2.75, 3.05) is 24.5 Å². The highest BCUT2D eigenvalue weighted by molar-refractivity contribution is 5.55. The first-order valence-electron chi connectivity index (χ1n) is 7.68. The summed E-state index contributed by atoms with van der Waals surface area (Å²) in [6.45, 7) is 10.1. The van der Waals surface area contributed by atoms with Gasteiger partial charge in [0.25, 0.3) is 0 Å². The molecular formula is C17H28N2. The highest BCUT2D eigenvalue weighted by Crippen LogP contribution is 2.39. The van der Waals surface area contributed by atoms with Crippen LogP contribution < -0.4 is 10.6 Å². The maximum Gasteiger partial charge on any atom is 0.0396 e. The number of nitrogens with zero attached hydrogens (tertiary/aromatic N) is 1. The fourth-order valence-corrected chi connectivity index (χ4v) is 3.36. The average Bonchev–Trinajstić information content (AvgIpc) is 2.84. The molecular weight excluding hydrogens is 232 g/mol. The molecule has 2 N–H and O–H groups in total. The number of aryl methyl sites for hydroxylation is 1. The molecule has 0 spiro atoms. The predicted molar refractivity (Wildman–Crippen MR) is 83.8 cm³/mol. The molecule has 0 atom stereocenters. The monoisotopic (exact) mass is 260 g/mol. The molecule has 2 rings (SSSR count). The van der Waals surface area contributed by atoms with E-state index in [1.807, 2.05) is 0 Å². The van der Waals surface area contributed by atoms with Crippen LogP contribution in [0.4, 0.5) is 5.69 Å². The normalized spacial score (nSPS) is 18.0. The van der Waals surface area contributed by atoms with Crippen molar-refractivity contribution in [3.8, 4) is 0 Å². The number of hydrogen-bond acceptors (Lipinski definition) is 2. The Morgan fingerprint density at radius 1 is 1.26 bits per heavy atom. The van der Waals surface area contributed by atoms with E-state index in [0.29, 0.717) is 5.41 Å². The molecule has 1 aliphatic rings. The van der Waals surface area contributed by atoms with Gasteiger partial charge in [-0.15, -0.1) is 0 Å². The Kier molecular flexibility index (Phi) is 4.51. The van der Waals surface area contributed by atoms with E-state index in [0.717, 1.165) is 13.0 Å². The Bertz CT molecular complexity index is 421. The number of hydrogen-bond donors (Lipinski definition) is 1. The molecule has 0 radical (unpaired) electrons. The van der Waals surface area contributed by atoms with Crippen LogP contribution in [0.5, 0.6) is 0 Å². The minimum absolute atomic E-state index is 0.544. The van der Waals surface area contributed by atoms with Crippen LogP contribution in [-0.2, 0) is 6.42 Å². The molecule has 0 saturated carbocycles. The van der Waals surface area contributed by atoms with E-state index in [-0.39, 0.29) is 0 Å². The van der Waals surface area contributed by atoms with Crippen LogP contribution in [0.25, 0.3) is 0 Å². The largest absolute Gasteiger partial charge is 0.371 e. The van der Waals surface area contributed by atoms with Crippen molar-refractivity contribution in [2.24, 2.45) is 11.1 Å². The Morgan fingerprint density at radius 3 is 2.53 bits per heavy atom. The minimum Gasteiger partial charge on any atom is -0.371 e. The highest BCUT2D eigenvalue weighted by atomic mass is 15.2. The van der Waals surface area contributed by atoms with Crippen LogP contribution in [-0.4, -0.2) is 19.6 Å². The van der Waals surface area contributed by atoms with E-state index in [4.69, 9.17) is 5.73 Å². The van der Waals surface area contributed by atoms with Gasteiger partial charge in [0, 0.05) is 18.8 Å². The fourth-order valence-electron chi connectivity index (χ4n) is 3.36. The van der Waals surface area contributed by atoms with Crippen molar-refractivity contribution < 1.29 is 0 Å². The molecule has 106 valence electrons. The average molecular weight is 260 g/mol. The lowest BCUT2D eigenvalue weighted by molar-refractivity contribution is 0.301. The first kappa shape index (κ1) is 14.4. The third-order valence-electron chi connectivity index (χ3n) is 4.97. The van der Waals surface area contributed by atoms with Crippen molar-refractivity contribution in [3.63, 3.8) is 0 Å². The van der Waals surface area contributed by atoms with E-state index in [1.54, 1.807) is 0 Å². The summed E-state index contributed by atoms with van der Waals surface area (Å²) in [7, 11) is 0. The second kappa shape index (κ2) is 5.96. The maximum atomic E-state index is 5.63. The van der Waals surface area contributed by atoms with Crippen molar-refractivity contribution in [1.29, 1.82) is 0 Å². The zero-order chi connectivity index (χ0) is 13.9. The van der Waals surface area contributed by atoms with Gasteiger partial charge in [0.05, 0.1) is 0 Å². The predicted octanol–water partition coefficient (Wildman–Crippen LogP) is 3.51. The molecule has 1 aliphatic heterocycles. The fraction of sp³-hybridized carbons (Fsp3) is 0.647. The third-order valence-corrected chi connectivity index (χ3v) is 4.97. The maximum absolute atomic E-state index is 5.63. The SMILES string of the molecule is CCC1(CC)CCN(c2ccc(CCN)cc2C)C1. The van der Waals surface area contributed by atoms with Gasteiger partial charge in [0.15, 0.2) is 0 Å². The summed E-state index contributed by atoms with van der Waals surface area (Å²) < 4.78 is 0. The van der Waals surface area contributed by atoms with Crippen LogP contribution in [0.2, 0.25) is 0 Å². The molecule has 0 bridgehead atoms. The third kappa shape index (κ3) is 2.94. The number of benzene rings is 1. The van der Waals surface area contributed by atoms with Gasteiger partial charge in [-0.05, 0) is 61.8 Å². The summed E-state index contributed by atoms with van der Waals surface area (Å²) in [5.41, 5.74) is 10.4. The van der Waals surface area contributed by atoms with Crippen molar-refractivity contribution in [1.82, 2.24) is 0 Å². The molecule has 1 aromatic rings. The van der Waals surface area contributed by atoms with Crippen molar-refractivity contribution in [3.05, 3.63) is 29.3 Å². The Morgan fingerprint density at radius 2 is 2.00 bits per heavy atom. The molecule has 2 heteroatoms. The topological polar surface area (TPSA) is 29.3 Å². The second-order valence-corrected chi connectivity index (χ2v) is 6.04. The van der Waals surface area contributed by atoms with Gasteiger partial charge in [-0.2, -0.15) is 0 Å². The molecule has 0 unspecified atom stereocenters. The Hall–Kier alpha value is -1.02. The molecule has 1 aromatic carbocycles. The molecule has 0 amide bonds. The van der Waals surface area contributed by atoms with Crippen LogP contribution in [0, 0.1) is 12.3 Å². The summed E-state index contributed by atoms with van der Waals surface area (Å²) in [5.74, 6) is 0. The lowest BCUT2D eigenvalue weighted by Gasteiger charge is -2.28. The highest BCUT2D eigenvalue weighted by Gasteiger charge is 2.35. The lowest BCUT2D eigenvalue weighted by Crippen LogP contribution is -2.26. The van der Waals surface area contributed by atoms with E-state index in [2.05, 4.69) is 43.9 Å². The van der Waals surface area contributed by atoms with Crippen LogP contribution in [0.1, 0.15) is 44.2 Å². The Balaban J connectivity index is 2.15. The number of rotatable bonds is 5. The van der Waals surface area contributed by atoms with Crippen molar-refractivity contribution >= 4 is 5.69 Å². The summed E-state index contributed by atoms with van der Waals surface area (Å²) in [6.07, 6.45) is 4.91. The van der Waals surface area contributed by atoms with Crippen molar-refractivity contribution in [2.45, 2.75) is 46.5 Å². The van der Waals surface area contributed by atoms with Crippen LogP contribution >= 0.6 is 0 Å². The molecule has 2 nitrogen and oxygen atoms in total. The minimum atomic E-state index is 0.544. The summed E-state index contributed by atoms with van der Waals surface area (Å²) in [6, 6.07) is 6.84. The number of anilines is 1. The Labute approximate surface area is 118 Å². The zero-order valence-electron chi connectivity index (χ0n) is 12.7. The van der Waals surface area contributed by atoms with Gasteiger partial charge in [-0.3, -0.25) is 0 Å². The van der Waals surface area contributed by atoms with Gasteiger partial charge in [-0.1, -0.05) is 26.0 Å². The van der Waals surface area contributed by atoms with E-state index < -0.39 is 0 Å². The van der Waals surface area contributed by atoms with Crippen LogP contribution in [0.15, 0.2) is 18.2 Å². The first-order valence-corrected chi connectivity index (χ1v) is 7.68. The standard InChI is InChI=1S/C17H28N2/c1-4-17(5-2)9-11-19(13-17)16-7-6-15(8-10-18)12-14(16)3/h6-7,12H,4-5,8-11,13,18H2,1-3H3. The van der Waals surface area contributed by atoms with Gasteiger partial charge < -0.3 is 10.6 Å². The second-order valence-electron chi connectivity index (χ2n) is 6.04. The summed E-state index contributed by atoms with van der Waals surface area (Å²) >= 11 is 0. The summed E-state index contributed by atoms with van der Waals surface area (Å²) in [5, 5.41) is 0. The molecule has 19 heavy (non-hydrogen) atoms. The molecule has 1 saturated heterocycles. The lowest BCUT2D eigenvalue weighted by atomic mass is 9.82. The molecule has 1 fully saturated rings. The smallest absolute Gasteiger partial charge is 0.0396 e.